The van der Waals surface area contributed by atoms with Crippen molar-refractivity contribution in [3.8, 4) is 0 Å². The van der Waals surface area contributed by atoms with E-state index in [1.165, 1.54) is 17.5 Å². The minimum absolute atomic E-state index is 0.632. The van der Waals surface area contributed by atoms with Crippen LogP contribution in [0.15, 0.2) is 24.3 Å². The van der Waals surface area contributed by atoms with E-state index >= 15 is 0 Å². The Kier molecular flexibility index (Phi) is 7.98. The minimum atomic E-state index is 0.632. The molecule has 1 N–H and O–H groups in total. The summed E-state index contributed by atoms with van der Waals surface area (Å²) in [6.07, 6.45) is 1.26. The number of nitrogens with one attached hydrogen (secondary N) is 1. The van der Waals surface area contributed by atoms with Crippen LogP contribution in [0, 0.1) is 11.8 Å². The van der Waals surface area contributed by atoms with Gasteiger partial charge in [-0.2, -0.15) is 0 Å². The molecule has 0 amide bonds. The van der Waals surface area contributed by atoms with Crippen LogP contribution in [0.5, 0.6) is 0 Å². The van der Waals surface area contributed by atoms with Gasteiger partial charge in [-0.15, -0.1) is 0 Å². The van der Waals surface area contributed by atoms with Crippen molar-refractivity contribution in [1.82, 2.24) is 10.2 Å². The van der Waals surface area contributed by atoms with Crippen molar-refractivity contribution in [3.63, 3.8) is 0 Å². The molecule has 0 aliphatic rings. The Labute approximate surface area is 131 Å². The molecule has 0 spiro atoms. The normalized spacial score (nSPS) is 13.4. The topological polar surface area (TPSA) is 15.3 Å². The number of nitrogens with zero attached hydrogens (tertiary/aromatic N) is 1. The third-order valence-corrected chi connectivity index (χ3v) is 3.87. The molecule has 0 fully saturated rings. The average molecular weight is 290 g/mol. The van der Waals surface area contributed by atoms with E-state index in [1.54, 1.807) is 0 Å². The number of hydrogen-bond acceptors (Lipinski definition) is 2. The molecule has 2 nitrogen and oxygen atoms in total. The molecule has 1 atom stereocenters. The van der Waals surface area contributed by atoms with Crippen LogP contribution in [0.4, 0.5) is 0 Å². The Morgan fingerprint density at radius 1 is 1.00 bits per heavy atom. The summed E-state index contributed by atoms with van der Waals surface area (Å²) in [5.41, 5.74) is 2.80. The first-order valence-corrected chi connectivity index (χ1v) is 8.37. The summed E-state index contributed by atoms with van der Waals surface area (Å²) >= 11 is 0. The highest BCUT2D eigenvalue weighted by molar-refractivity contribution is 5.23. The molecule has 0 aliphatic heterocycles. The van der Waals surface area contributed by atoms with Gasteiger partial charge in [0, 0.05) is 19.1 Å². The third kappa shape index (κ3) is 7.63. The summed E-state index contributed by atoms with van der Waals surface area (Å²) in [7, 11) is 2.23. The van der Waals surface area contributed by atoms with Gasteiger partial charge in [0.25, 0.3) is 0 Å². The highest BCUT2D eigenvalue weighted by Crippen LogP contribution is 2.14. The lowest BCUT2D eigenvalue weighted by Gasteiger charge is -2.26. The molecule has 1 rings (SSSR count). The maximum absolute atomic E-state index is 3.52. The zero-order valence-electron chi connectivity index (χ0n) is 14.8. The predicted molar refractivity (Wildman–Crippen MR) is 93.4 cm³/mol. The lowest BCUT2D eigenvalue weighted by Crippen LogP contribution is -2.29. The SMILES string of the molecule is CC(C)CNCc1cccc(CN(C)C(C)CC(C)C)c1. The van der Waals surface area contributed by atoms with Gasteiger partial charge in [0.05, 0.1) is 0 Å². The average Bonchev–Trinajstić information content (AvgIpc) is 2.37. The van der Waals surface area contributed by atoms with Crippen LogP contribution >= 0.6 is 0 Å². The van der Waals surface area contributed by atoms with Gasteiger partial charge in [0.1, 0.15) is 0 Å². The molecule has 0 aromatic heterocycles. The maximum Gasteiger partial charge on any atom is 0.0233 e. The van der Waals surface area contributed by atoms with Crippen molar-refractivity contribution < 1.29 is 0 Å². The summed E-state index contributed by atoms with van der Waals surface area (Å²) in [5.74, 6) is 1.46. The molecule has 1 aromatic rings. The van der Waals surface area contributed by atoms with Crippen LogP contribution < -0.4 is 5.32 Å². The first-order chi connectivity index (χ1) is 9.88. The molecule has 0 aliphatic carbocycles. The Hall–Kier alpha value is -0.860. The smallest absolute Gasteiger partial charge is 0.0233 e. The highest BCUT2D eigenvalue weighted by Gasteiger charge is 2.11. The van der Waals surface area contributed by atoms with E-state index in [0.29, 0.717) is 12.0 Å². The van der Waals surface area contributed by atoms with Crippen LogP contribution in [-0.4, -0.2) is 24.5 Å². The maximum atomic E-state index is 3.52. The summed E-state index contributed by atoms with van der Waals surface area (Å²) in [6.45, 7) is 14.5. The van der Waals surface area contributed by atoms with Gasteiger partial charge in [-0.3, -0.25) is 4.90 Å². The van der Waals surface area contributed by atoms with E-state index in [9.17, 15) is 0 Å². The Morgan fingerprint density at radius 2 is 1.67 bits per heavy atom. The van der Waals surface area contributed by atoms with Crippen molar-refractivity contribution in [2.24, 2.45) is 11.8 Å². The summed E-state index contributed by atoms with van der Waals surface area (Å²) in [4.78, 5) is 2.46. The second-order valence-electron chi connectivity index (χ2n) is 7.24. The van der Waals surface area contributed by atoms with E-state index in [-0.39, 0.29) is 0 Å². The van der Waals surface area contributed by atoms with Crippen LogP contribution in [-0.2, 0) is 13.1 Å². The van der Waals surface area contributed by atoms with Crippen molar-refractivity contribution >= 4 is 0 Å². The van der Waals surface area contributed by atoms with Gasteiger partial charge >= 0.3 is 0 Å². The lowest BCUT2D eigenvalue weighted by atomic mass is 10.0. The fraction of sp³-hybridized carbons (Fsp3) is 0.684. The highest BCUT2D eigenvalue weighted by atomic mass is 15.1. The monoisotopic (exact) mass is 290 g/mol. The zero-order chi connectivity index (χ0) is 15.8. The van der Waals surface area contributed by atoms with Crippen LogP contribution in [0.25, 0.3) is 0 Å². The Morgan fingerprint density at radius 3 is 2.29 bits per heavy atom. The van der Waals surface area contributed by atoms with Gasteiger partial charge in [0.15, 0.2) is 0 Å². The van der Waals surface area contributed by atoms with E-state index < -0.39 is 0 Å². The number of hydrogen-bond donors (Lipinski definition) is 1. The van der Waals surface area contributed by atoms with Crippen molar-refractivity contribution in [3.05, 3.63) is 35.4 Å². The molecular formula is C19H34N2. The van der Waals surface area contributed by atoms with Gasteiger partial charge in [-0.1, -0.05) is 52.0 Å². The largest absolute Gasteiger partial charge is 0.312 e. The summed E-state index contributed by atoms with van der Waals surface area (Å²) in [5, 5.41) is 3.52. The first kappa shape index (κ1) is 18.2. The zero-order valence-corrected chi connectivity index (χ0v) is 14.8. The predicted octanol–water partition coefficient (Wildman–Crippen LogP) is 4.30. The lowest BCUT2D eigenvalue weighted by molar-refractivity contribution is 0.220. The molecular weight excluding hydrogens is 256 g/mol. The number of rotatable bonds is 9. The quantitative estimate of drug-likeness (QED) is 0.729. The second-order valence-corrected chi connectivity index (χ2v) is 7.24. The molecule has 2 heteroatoms. The Balaban J connectivity index is 2.51. The molecule has 0 bridgehead atoms. The third-order valence-electron chi connectivity index (χ3n) is 3.87. The fourth-order valence-electron chi connectivity index (χ4n) is 2.65. The van der Waals surface area contributed by atoms with E-state index in [0.717, 1.165) is 25.6 Å². The molecule has 1 aromatic carbocycles. The van der Waals surface area contributed by atoms with Gasteiger partial charge in [0.2, 0.25) is 0 Å². The number of benzene rings is 1. The Bertz CT molecular complexity index is 398. The van der Waals surface area contributed by atoms with Gasteiger partial charge < -0.3 is 5.32 Å². The van der Waals surface area contributed by atoms with E-state index in [4.69, 9.17) is 0 Å². The molecule has 21 heavy (non-hydrogen) atoms. The molecule has 0 saturated heterocycles. The molecule has 0 radical (unpaired) electrons. The summed E-state index contributed by atoms with van der Waals surface area (Å²) < 4.78 is 0. The van der Waals surface area contributed by atoms with Crippen molar-refractivity contribution in [2.75, 3.05) is 13.6 Å². The van der Waals surface area contributed by atoms with Crippen molar-refractivity contribution in [1.29, 1.82) is 0 Å². The van der Waals surface area contributed by atoms with Gasteiger partial charge in [-0.05, 0) is 49.9 Å². The molecule has 0 saturated carbocycles. The van der Waals surface area contributed by atoms with Crippen LogP contribution in [0.2, 0.25) is 0 Å². The molecule has 120 valence electrons. The van der Waals surface area contributed by atoms with Crippen LogP contribution in [0.1, 0.15) is 52.2 Å². The first-order valence-electron chi connectivity index (χ1n) is 8.37. The van der Waals surface area contributed by atoms with E-state index in [1.807, 2.05) is 0 Å². The van der Waals surface area contributed by atoms with Gasteiger partial charge in [-0.25, -0.2) is 0 Å². The van der Waals surface area contributed by atoms with E-state index in [2.05, 4.69) is 76.1 Å². The molecule has 1 unspecified atom stereocenters. The second kappa shape index (κ2) is 9.22. The fourth-order valence-corrected chi connectivity index (χ4v) is 2.65. The summed E-state index contributed by atoms with van der Waals surface area (Å²) in [6, 6.07) is 9.61. The molecule has 0 heterocycles. The minimum Gasteiger partial charge on any atom is -0.312 e. The standard InChI is InChI=1S/C19H34N2/c1-15(2)10-17(5)21(6)14-19-9-7-8-18(11-19)13-20-12-16(3)4/h7-9,11,15-17,20H,10,12-14H2,1-6H3. The van der Waals surface area contributed by atoms with Crippen molar-refractivity contribution in [2.45, 2.75) is 60.2 Å². The van der Waals surface area contributed by atoms with Crippen LogP contribution in [0.3, 0.4) is 0 Å².